The highest BCUT2D eigenvalue weighted by atomic mass is 32.2. The Morgan fingerprint density at radius 1 is 1.24 bits per heavy atom. The van der Waals surface area contributed by atoms with Crippen molar-refractivity contribution in [1.82, 2.24) is 10.6 Å². The Balaban J connectivity index is 1.85. The lowest BCUT2D eigenvalue weighted by atomic mass is 9.98. The van der Waals surface area contributed by atoms with Crippen molar-refractivity contribution >= 4 is 15.7 Å². The molecule has 2 rings (SSSR count). The van der Waals surface area contributed by atoms with Gasteiger partial charge in [0.1, 0.15) is 0 Å². The van der Waals surface area contributed by atoms with E-state index in [0.29, 0.717) is 13.0 Å². The molecule has 5 nitrogen and oxygen atoms in total. The van der Waals surface area contributed by atoms with Crippen molar-refractivity contribution in [3.63, 3.8) is 0 Å². The predicted molar refractivity (Wildman–Crippen MR) is 65.4 cm³/mol. The maximum atomic E-state index is 11.9. The Morgan fingerprint density at radius 3 is 2.71 bits per heavy atom. The number of carbonyl (C=O) groups is 1. The van der Waals surface area contributed by atoms with Crippen LogP contribution in [0, 0.1) is 5.92 Å². The number of hydrogen-bond donors (Lipinski definition) is 2. The molecule has 2 atom stereocenters. The van der Waals surface area contributed by atoms with Gasteiger partial charge in [0.15, 0.2) is 9.84 Å². The number of carbonyl (C=O) groups excluding carboxylic acids is 1. The highest BCUT2D eigenvalue weighted by Crippen LogP contribution is 2.14. The van der Waals surface area contributed by atoms with Gasteiger partial charge in [-0.05, 0) is 32.2 Å². The minimum absolute atomic E-state index is 0.00776. The largest absolute Gasteiger partial charge is 0.352 e. The van der Waals surface area contributed by atoms with E-state index in [4.69, 9.17) is 0 Å². The van der Waals surface area contributed by atoms with Gasteiger partial charge < -0.3 is 10.6 Å². The first kappa shape index (κ1) is 12.8. The van der Waals surface area contributed by atoms with Gasteiger partial charge in [-0.1, -0.05) is 0 Å². The van der Waals surface area contributed by atoms with Crippen LogP contribution in [0.25, 0.3) is 0 Å². The van der Waals surface area contributed by atoms with Gasteiger partial charge >= 0.3 is 0 Å². The van der Waals surface area contributed by atoms with E-state index in [-0.39, 0.29) is 29.4 Å². The lowest BCUT2D eigenvalue weighted by molar-refractivity contribution is -0.126. The molecule has 17 heavy (non-hydrogen) atoms. The van der Waals surface area contributed by atoms with E-state index in [1.807, 2.05) is 0 Å². The molecule has 6 heteroatoms. The van der Waals surface area contributed by atoms with Crippen molar-refractivity contribution < 1.29 is 13.2 Å². The molecular formula is C11H20N2O3S. The minimum atomic E-state index is -2.94. The summed E-state index contributed by atoms with van der Waals surface area (Å²) in [6.45, 7) is 1.69. The van der Waals surface area contributed by atoms with Crippen LogP contribution < -0.4 is 10.6 Å². The molecule has 0 aromatic carbocycles. The maximum absolute atomic E-state index is 11.9. The first-order chi connectivity index (χ1) is 8.07. The topological polar surface area (TPSA) is 75.3 Å². The minimum Gasteiger partial charge on any atom is -0.352 e. The average molecular weight is 260 g/mol. The second-order valence-electron chi connectivity index (χ2n) is 5.01. The lowest BCUT2D eigenvalue weighted by Crippen LogP contribution is -2.48. The van der Waals surface area contributed by atoms with Gasteiger partial charge in [-0.3, -0.25) is 4.79 Å². The first-order valence-electron chi connectivity index (χ1n) is 6.28. The van der Waals surface area contributed by atoms with E-state index in [1.165, 1.54) is 0 Å². The summed E-state index contributed by atoms with van der Waals surface area (Å²) in [7, 11) is -2.94. The third-order valence-corrected chi connectivity index (χ3v) is 5.30. The zero-order valence-corrected chi connectivity index (χ0v) is 10.8. The van der Waals surface area contributed by atoms with Gasteiger partial charge in [0.2, 0.25) is 5.91 Å². The number of rotatable bonds is 2. The highest BCUT2D eigenvalue weighted by Gasteiger charge is 2.28. The van der Waals surface area contributed by atoms with E-state index in [0.717, 1.165) is 25.8 Å². The summed E-state index contributed by atoms with van der Waals surface area (Å²) in [6.07, 6.45) is 3.36. The molecule has 2 aliphatic rings. The van der Waals surface area contributed by atoms with E-state index in [9.17, 15) is 13.2 Å². The normalized spacial score (nSPS) is 32.9. The second kappa shape index (κ2) is 5.35. The van der Waals surface area contributed by atoms with Crippen molar-refractivity contribution in [2.45, 2.75) is 31.7 Å². The third-order valence-electron chi connectivity index (χ3n) is 3.48. The molecular weight excluding hydrogens is 240 g/mol. The third kappa shape index (κ3) is 3.67. The number of amides is 1. The Kier molecular flexibility index (Phi) is 4.04. The van der Waals surface area contributed by atoms with E-state index in [2.05, 4.69) is 10.6 Å². The maximum Gasteiger partial charge on any atom is 0.224 e. The molecule has 0 radical (unpaired) electrons. The molecule has 0 saturated carbocycles. The standard InChI is InChI=1S/C11H20N2O3S/c14-11(9-3-1-5-12-7-9)13-10-4-2-6-17(15,16)8-10/h9-10,12H,1-8H2,(H,13,14). The van der Waals surface area contributed by atoms with Crippen LogP contribution in [0.4, 0.5) is 0 Å². The van der Waals surface area contributed by atoms with Gasteiger partial charge in [0, 0.05) is 12.6 Å². The van der Waals surface area contributed by atoms with Crippen molar-refractivity contribution in [1.29, 1.82) is 0 Å². The molecule has 0 aliphatic carbocycles. The molecule has 0 aromatic heterocycles. The first-order valence-corrected chi connectivity index (χ1v) is 8.10. The van der Waals surface area contributed by atoms with Gasteiger partial charge in [0.25, 0.3) is 0 Å². The Bertz CT molecular complexity index is 374. The van der Waals surface area contributed by atoms with E-state index in [1.54, 1.807) is 0 Å². The quantitative estimate of drug-likeness (QED) is 0.713. The molecule has 2 aliphatic heterocycles. The van der Waals surface area contributed by atoms with Crippen LogP contribution in [0.1, 0.15) is 25.7 Å². The van der Waals surface area contributed by atoms with Gasteiger partial charge in [-0.15, -0.1) is 0 Å². The Morgan fingerprint density at radius 2 is 2.06 bits per heavy atom. The van der Waals surface area contributed by atoms with Crippen molar-refractivity contribution in [3.05, 3.63) is 0 Å². The summed E-state index contributed by atoms with van der Waals surface area (Å²) in [5.41, 5.74) is 0. The van der Waals surface area contributed by atoms with Crippen LogP contribution in [-0.4, -0.2) is 45.0 Å². The summed E-state index contributed by atoms with van der Waals surface area (Å²) < 4.78 is 22.9. The summed E-state index contributed by atoms with van der Waals surface area (Å²) in [5, 5.41) is 6.08. The molecule has 1 amide bonds. The molecule has 2 fully saturated rings. The molecule has 2 saturated heterocycles. The average Bonchev–Trinajstić information content (AvgIpc) is 2.29. The van der Waals surface area contributed by atoms with Crippen molar-refractivity contribution in [2.24, 2.45) is 5.92 Å². The highest BCUT2D eigenvalue weighted by molar-refractivity contribution is 7.91. The monoisotopic (exact) mass is 260 g/mol. The summed E-state index contributed by atoms with van der Waals surface area (Å²) in [6, 6.07) is -0.178. The van der Waals surface area contributed by atoms with Crippen molar-refractivity contribution in [3.8, 4) is 0 Å². The fourth-order valence-electron chi connectivity index (χ4n) is 2.53. The number of nitrogens with one attached hydrogen (secondary N) is 2. The molecule has 2 unspecified atom stereocenters. The van der Waals surface area contributed by atoms with Crippen LogP contribution >= 0.6 is 0 Å². The molecule has 2 N–H and O–H groups in total. The zero-order valence-electron chi connectivity index (χ0n) is 9.94. The second-order valence-corrected chi connectivity index (χ2v) is 7.23. The SMILES string of the molecule is O=C(NC1CCCS(=O)(=O)C1)C1CCCNC1. The molecule has 0 bridgehead atoms. The number of hydrogen-bond acceptors (Lipinski definition) is 4. The van der Waals surface area contributed by atoms with E-state index >= 15 is 0 Å². The Labute approximate surface area is 102 Å². The van der Waals surface area contributed by atoms with Gasteiger partial charge in [0.05, 0.1) is 17.4 Å². The van der Waals surface area contributed by atoms with Crippen LogP contribution in [0.2, 0.25) is 0 Å². The summed E-state index contributed by atoms with van der Waals surface area (Å²) in [5.74, 6) is 0.399. The van der Waals surface area contributed by atoms with E-state index < -0.39 is 9.84 Å². The molecule has 0 spiro atoms. The fourth-order valence-corrected chi connectivity index (χ4v) is 4.17. The fraction of sp³-hybridized carbons (Fsp3) is 0.909. The van der Waals surface area contributed by atoms with Crippen LogP contribution in [0.15, 0.2) is 0 Å². The molecule has 2 heterocycles. The van der Waals surface area contributed by atoms with Crippen LogP contribution in [0.5, 0.6) is 0 Å². The molecule has 98 valence electrons. The molecule has 0 aromatic rings. The smallest absolute Gasteiger partial charge is 0.224 e. The van der Waals surface area contributed by atoms with Gasteiger partial charge in [-0.2, -0.15) is 0 Å². The predicted octanol–water partition coefficient (Wildman–Crippen LogP) is -0.321. The zero-order chi connectivity index (χ0) is 12.3. The Hall–Kier alpha value is -0.620. The van der Waals surface area contributed by atoms with Crippen molar-refractivity contribution in [2.75, 3.05) is 24.6 Å². The van der Waals surface area contributed by atoms with Crippen LogP contribution in [0.3, 0.4) is 0 Å². The summed E-state index contributed by atoms with van der Waals surface area (Å²) >= 11 is 0. The summed E-state index contributed by atoms with van der Waals surface area (Å²) in [4.78, 5) is 11.9. The lowest BCUT2D eigenvalue weighted by Gasteiger charge is -2.27. The number of sulfone groups is 1. The van der Waals surface area contributed by atoms with Crippen LogP contribution in [-0.2, 0) is 14.6 Å². The number of piperidine rings is 1. The van der Waals surface area contributed by atoms with Gasteiger partial charge in [-0.25, -0.2) is 8.42 Å².